The van der Waals surface area contributed by atoms with E-state index in [1.807, 2.05) is 24.3 Å². The van der Waals surface area contributed by atoms with Gasteiger partial charge in [-0.25, -0.2) is 4.79 Å². The number of aliphatic hydroxyl groups excluding tert-OH is 1. The molecule has 1 saturated heterocycles. The summed E-state index contributed by atoms with van der Waals surface area (Å²) < 4.78 is 5.54. The van der Waals surface area contributed by atoms with Crippen LogP contribution in [0, 0.1) is 12.3 Å². The first kappa shape index (κ1) is 18.8. The van der Waals surface area contributed by atoms with Crippen LogP contribution in [-0.2, 0) is 10.2 Å². The highest BCUT2D eigenvalue weighted by molar-refractivity contribution is 6.04. The second kappa shape index (κ2) is 7.58. The van der Waals surface area contributed by atoms with Crippen molar-refractivity contribution >= 4 is 11.9 Å². The van der Waals surface area contributed by atoms with Crippen molar-refractivity contribution in [3.05, 3.63) is 29.8 Å². The molecule has 6 heteroatoms. The molecule has 1 aromatic rings. The fraction of sp³-hybridized carbons (Fsp3) is 0.474. The summed E-state index contributed by atoms with van der Waals surface area (Å²) in [5.74, 6) is 2.55. The molecule has 0 radical (unpaired) electrons. The number of aliphatic hydroxyl groups is 1. The molecule has 3 amide bonds. The molecule has 6 nitrogen and oxygen atoms in total. The van der Waals surface area contributed by atoms with E-state index in [1.54, 1.807) is 0 Å². The van der Waals surface area contributed by atoms with Crippen LogP contribution in [0.15, 0.2) is 24.3 Å². The summed E-state index contributed by atoms with van der Waals surface area (Å²) in [6.45, 7) is 6.21. The molecule has 25 heavy (non-hydrogen) atoms. The van der Waals surface area contributed by atoms with Crippen molar-refractivity contribution in [3.63, 3.8) is 0 Å². The second-order valence-corrected chi connectivity index (χ2v) is 7.10. The van der Waals surface area contributed by atoms with Crippen LogP contribution in [-0.4, -0.2) is 47.2 Å². The number of terminal acetylenes is 1. The third-order valence-electron chi connectivity index (χ3n) is 3.99. The minimum absolute atomic E-state index is 0.0221. The first-order valence-corrected chi connectivity index (χ1v) is 8.19. The number of benzene rings is 1. The monoisotopic (exact) mass is 344 g/mol. The third kappa shape index (κ3) is 4.74. The number of imide groups is 1. The van der Waals surface area contributed by atoms with Crippen LogP contribution in [0.1, 0.15) is 32.8 Å². The smallest absolute Gasteiger partial charge is 0.324 e. The van der Waals surface area contributed by atoms with Crippen molar-refractivity contribution in [3.8, 4) is 18.1 Å². The zero-order chi connectivity index (χ0) is 18.6. The van der Waals surface area contributed by atoms with Crippen LogP contribution in [0.5, 0.6) is 5.75 Å². The first-order chi connectivity index (χ1) is 11.7. The number of carbonyl (C=O) groups is 2. The maximum absolute atomic E-state index is 12.0. The van der Waals surface area contributed by atoms with Crippen LogP contribution in [0.4, 0.5) is 4.79 Å². The van der Waals surface area contributed by atoms with Crippen molar-refractivity contribution in [2.75, 3.05) is 13.2 Å². The Morgan fingerprint density at radius 3 is 2.52 bits per heavy atom. The molecule has 0 saturated carbocycles. The molecular weight excluding hydrogens is 320 g/mol. The molecule has 0 aromatic heterocycles. The highest BCUT2D eigenvalue weighted by Gasteiger charge is 2.38. The van der Waals surface area contributed by atoms with E-state index in [1.165, 1.54) is 5.56 Å². The van der Waals surface area contributed by atoms with Gasteiger partial charge in [-0.3, -0.25) is 9.69 Å². The Hall–Kier alpha value is -2.52. The van der Waals surface area contributed by atoms with Crippen molar-refractivity contribution in [1.82, 2.24) is 10.2 Å². The summed E-state index contributed by atoms with van der Waals surface area (Å²) in [7, 11) is 0. The van der Waals surface area contributed by atoms with Crippen molar-refractivity contribution in [1.29, 1.82) is 0 Å². The van der Waals surface area contributed by atoms with Crippen LogP contribution in [0.25, 0.3) is 0 Å². The van der Waals surface area contributed by atoms with E-state index in [4.69, 9.17) is 11.2 Å². The molecule has 1 aliphatic rings. The predicted octanol–water partition coefficient (Wildman–Crippen LogP) is 1.67. The third-order valence-corrected chi connectivity index (χ3v) is 3.99. The molecule has 0 spiro atoms. The quantitative estimate of drug-likeness (QED) is 0.608. The molecule has 1 heterocycles. The van der Waals surface area contributed by atoms with Gasteiger partial charge in [0, 0.05) is 6.42 Å². The fourth-order valence-corrected chi connectivity index (χ4v) is 2.51. The average Bonchev–Trinajstić information content (AvgIpc) is 2.80. The average molecular weight is 344 g/mol. The van der Waals surface area contributed by atoms with E-state index in [9.17, 15) is 14.7 Å². The van der Waals surface area contributed by atoms with E-state index in [-0.39, 0.29) is 25.0 Å². The maximum atomic E-state index is 12.0. The molecular formula is C19H24N2O4. The highest BCUT2D eigenvalue weighted by Crippen LogP contribution is 2.24. The molecule has 1 aromatic carbocycles. The Bertz CT molecular complexity index is 670. The lowest BCUT2D eigenvalue weighted by atomic mass is 9.87. The summed E-state index contributed by atoms with van der Waals surface area (Å²) in [6.07, 6.45) is 4.32. The van der Waals surface area contributed by atoms with Gasteiger partial charge >= 0.3 is 6.03 Å². The summed E-state index contributed by atoms with van der Waals surface area (Å²) >= 11 is 0. The van der Waals surface area contributed by atoms with Gasteiger partial charge in [-0.1, -0.05) is 32.9 Å². The Kier molecular flexibility index (Phi) is 5.70. The first-order valence-electron chi connectivity index (χ1n) is 8.19. The highest BCUT2D eigenvalue weighted by atomic mass is 16.5. The molecule has 1 aliphatic heterocycles. The molecule has 0 unspecified atom stereocenters. The van der Waals surface area contributed by atoms with Crippen LogP contribution in [0.3, 0.4) is 0 Å². The number of nitrogens with one attached hydrogen (secondary N) is 1. The van der Waals surface area contributed by atoms with Crippen LogP contribution in [0.2, 0.25) is 0 Å². The largest absolute Gasteiger partial charge is 0.491 e. The normalized spacial score (nSPS) is 18.7. The minimum Gasteiger partial charge on any atom is -0.491 e. The minimum atomic E-state index is -0.985. The zero-order valence-electron chi connectivity index (χ0n) is 14.8. The molecule has 2 atom stereocenters. The number of nitrogens with zero attached hydrogens (tertiary/aromatic N) is 1. The number of amides is 3. The standard InChI is InChI=1S/C19H24N2O4/c1-5-6-16-17(23)21(18(24)20-16)11-14(22)12-25-15-9-7-13(8-10-15)19(2,3)4/h1,7-10,14,16,22H,6,11-12H2,2-4H3,(H,20,24)/t14-,16-/m0/s1. The van der Waals surface area contributed by atoms with Gasteiger partial charge in [-0.05, 0) is 23.1 Å². The van der Waals surface area contributed by atoms with Crippen LogP contribution < -0.4 is 10.1 Å². The Balaban J connectivity index is 1.87. The molecule has 1 fully saturated rings. The van der Waals surface area contributed by atoms with Crippen molar-refractivity contribution in [2.24, 2.45) is 0 Å². The molecule has 2 rings (SSSR count). The number of rotatable bonds is 6. The predicted molar refractivity (Wildman–Crippen MR) is 94.1 cm³/mol. The van der Waals surface area contributed by atoms with E-state index in [0.717, 1.165) is 4.90 Å². The summed E-state index contributed by atoms with van der Waals surface area (Å²) in [4.78, 5) is 24.8. The summed E-state index contributed by atoms with van der Waals surface area (Å²) in [6, 6.07) is 6.37. The lowest BCUT2D eigenvalue weighted by molar-refractivity contribution is -0.128. The lowest BCUT2D eigenvalue weighted by Crippen LogP contribution is -2.40. The fourth-order valence-electron chi connectivity index (χ4n) is 2.51. The Labute approximate surface area is 148 Å². The van der Waals surface area contributed by atoms with Crippen LogP contribution >= 0.6 is 0 Å². The zero-order valence-corrected chi connectivity index (χ0v) is 14.8. The number of ether oxygens (including phenoxy) is 1. The molecule has 2 N–H and O–H groups in total. The van der Waals surface area contributed by atoms with Gasteiger partial charge in [-0.15, -0.1) is 12.3 Å². The molecule has 134 valence electrons. The van der Waals surface area contributed by atoms with Gasteiger partial charge in [0.15, 0.2) is 0 Å². The van der Waals surface area contributed by atoms with E-state index >= 15 is 0 Å². The number of hydrogen-bond acceptors (Lipinski definition) is 4. The van der Waals surface area contributed by atoms with E-state index in [2.05, 4.69) is 32.0 Å². The second-order valence-electron chi connectivity index (χ2n) is 7.10. The number of carbonyl (C=O) groups excluding carboxylic acids is 2. The van der Waals surface area contributed by atoms with Gasteiger partial charge in [0.25, 0.3) is 5.91 Å². The molecule has 0 bridgehead atoms. The molecule has 0 aliphatic carbocycles. The lowest BCUT2D eigenvalue weighted by Gasteiger charge is -2.20. The van der Waals surface area contributed by atoms with Gasteiger partial charge in [-0.2, -0.15) is 0 Å². The van der Waals surface area contributed by atoms with Gasteiger partial charge in [0.1, 0.15) is 24.5 Å². The van der Waals surface area contributed by atoms with Gasteiger partial charge in [0.05, 0.1) is 6.54 Å². The summed E-state index contributed by atoms with van der Waals surface area (Å²) in [5, 5.41) is 12.6. The summed E-state index contributed by atoms with van der Waals surface area (Å²) in [5.41, 5.74) is 1.23. The SMILES string of the molecule is C#CC[C@@H]1NC(=O)N(C[C@H](O)COc2ccc(C(C)(C)C)cc2)C1=O. The number of urea groups is 1. The van der Waals surface area contributed by atoms with Crippen molar-refractivity contribution in [2.45, 2.75) is 44.8 Å². The van der Waals surface area contributed by atoms with E-state index < -0.39 is 24.1 Å². The maximum Gasteiger partial charge on any atom is 0.324 e. The van der Waals surface area contributed by atoms with Crippen molar-refractivity contribution < 1.29 is 19.4 Å². The van der Waals surface area contributed by atoms with Gasteiger partial charge < -0.3 is 15.2 Å². The topological polar surface area (TPSA) is 78.9 Å². The number of β-amino-alcohol motifs (C(OH)–C–C–N with tert-alkyl or cyclic N) is 1. The Morgan fingerprint density at radius 2 is 1.96 bits per heavy atom. The Morgan fingerprint density at radius 1 is 1.32 bits per heavy atom. The number of hydrogen-bond donors (Lipinski definition) is 2. The van der Waals surface area contributed by atoms with Gasteiger partial charge in [0.2, 0.25) is 0 Å². The van der Waals surface area contributed by atoms with E-state index in [0.29, 0.717) is 5.75 Å².